The highest BCUT2D eigenvalue weighted by molar-refractivity contribution is 5.96. The van der Waals surface area contributed by atoms with Crippen LogP contribution in [-0.4, -0.2) is 33.2 Å². The lowest BCUT2D eigenvalue weighted by Crippen LogP contribution is -2.30. The maximum Gasteiger partial charge on any atom is 0.267 e. The Hall–Kier alpha value is -2.76. The average molecular weight is 296 g/mol. The van der Waals surface area contributed by atoms with Crippen LogP contribution in [0.2, 0.25) is 0 Å². The van der Waals surface area contributed by atoms with Crippen LogP contribution in [0.3, 0.4) is 0 Å². The van der Waals surface area contributed by atoms with Gasteiger partial charge in [0.2, 0.25) is 0 Å². The van der Waals surface area contributed by atoms with E-state index in [1.54, 1.807) is 18.5 Å². The van der Waals surface area contributed by atoms with Crippen LogP contribution in [0.25, 0.3) is 0 Å². The van der Waals surface area contributed by atoms with Crippen LogP contribution >= 0.6 is 0 Å². The Bertz CT molecular complexity index is 685. The molecular formula is C16H16N4O2. The molecule has 1 atom stereocenters. The van der Waals surface area contributed by atoms with Gasteiger partial charge < -0.3 is 10.6 Å². The van der Waals surface area contributed by atoms with Crippen molar-refractivity contribution in [3.8, 4) is 0 Å². The second kappa shape index (κ2) is 5.93. The van der Waals surface area contributed by atoms with Gasteiger partial charge in [-0.05, 0) is 42.7 Å². The SMILES string of the molecule is NC(=O)c1ccc(C(=O)N2CCCC2c2ccncc2)cn1. The molecule has 2 N–H and O–H groups in total. The van der Waals surface area contributed by atoms with E-state index >= 15 is 0 Å². The lowest BCUT2D eigenvalue weighted by Gasteiger charge is -2.25. The summed E-state index contributed by atoms with van der Waals surface area (Å²) < 4.78 is 0. The zero-order valence-electron chi connectivity index (χ0n) is 12.0. The molecule has 1 saturated heterocycles. The fourth-order valence-corrected chi connectivity index (χ4v) is 2.77. The molecule has 0 saturated carbocycles. The van der Waals surface area contributed by atoms with Crippen molar-refractivity contribution in [1.29, 1.82) is 0 Å². The van der Waals surface area contributed by atoms with Gasteiger partial charge in [-0.1, -0.05) is 0 Å². The smallest absolute Gasteiger partial charge is 0.267 e. The zero-order valence-corrected chi connectivity index (χ0v) is 12.0. The summed E-state index contributed by atoms with van der Waals surface area (Å²) in [5, 5.41) is 0. The van der Waals surface area contributed by atoms with Gasteiger partial charge in [0.15, 0.2) is 0 Å². The molecule has 2 aromatic heterocycles. The van der Waals surface area contributed by atoms with Crippen LogP contribution in [0.5, 0.6) is 0 Å². The predicted molar refractivity (Wildman–Crippen MR) is 80.0 cm³/mol. The van der Waals surface area contributed by atoms with Crippen LogP contribution in [0.4, 0.5) is 0 Å². The number of nitrogens with two attached hydrogens (primary N) is 1. The maximum absolute atomic E-state index is 12.7. The fraction of sp³-hybridized carbons (Fsp3) is 0.250. The standard InChI is InChI=1S/C16H16N4O2/c17-15(21)13-4-3-12(10-19-13)16(22)20-9-1-2-14(20)11-5-7-18-8-6-11/h3-8,10,14H,1-2,9H2,(H2,17,21). The number of carbonyl (C=O) groups excluding carboxylic acids is 2. The second-order valence-electron chi connectivity index (χ2n) is 5.23. The topological polar surface area (TPSA) is 89.2 Å². The highest BCUT2D eigenvalue weighted by Crippen LogP contribution is 2.32. The van der Waals surface area contributed by atoms with Gasteiger partial charge >= 0.3 is 0 Å². The van der Waals surface area contributed by atoms with Gasteiger partial charge in [-0.2, -0.15) is 0 Å². The van der Waals surface area contributed by atoms with Crippen molar-refractivity contribution >= 4 is 11.8 Å². The lowest BCUT2D eigenvalue weighted by atomic mass is 10.1. The molecule has 1 fully saturated rings. The highest BCUT2D eigenvalue weighted by atomic mass is 16.2. The zero-order chi connectivity index (χ0) is 15.5. The predicted octanol–water partition coefficient (Wildman–Crippen LogP) is 1.55. The van der Waals surface area contributed by atoms with Crippen molar-refractivity contribution in [3.63, 3.8) is 0 Å². The van der Waals surface area contributed by atoms with Crippen LogP contribution in [0.1, 0.15) is 45.3 Å². The summed E-state index contributed by atoms with van der Waals surface area (Å²) >= 11 is 0. The van der Waals surface area contributed by atoms with E-state index in [0.717, 1.165) is 18.4 Å². The third kappa shape index (κ3) is 2.67. The molecule has 3 heterocycles. The van der Waals surface area contributed by atoms with Crippen molar-refractivity contribution < 1.29 is 9.59 Å². The van der Waals surface area contributed by atoms with Crippen molar-refractivity contribution in [2.24, 2.45) is 5.73 Å². The first-order valence-electron chi connectivity index (χ1n) is 7.13. The molecule has 0 aromatic carbocycles. The van der Waals surface area contributed by atoms with E-state index in [-0.39, 0.29) is 17.6 Å². The number of hydrogen-bond donors (Lipinski definition) is 1. The van der Waals surface area contributed by atoms with Crippen molar-refractivity contribution in [2.75, 3.05) is 6.54 Å². The van der Waals surface area contributed by atoms with Crippen molar-refractivity contribution in [3.05, 3.63) is 59.7 Å². The first kappa shape index (κ1) is 14.2. The first-order chi connectivity index (χ1) is 10.7. The summed E-state index contributed by atoms with van der Waals surface area (Å²) in [6.45, 7) is 0.712. The van der Waals surface area contributed by atoms with Gasteiger partial charge in [-0.25, -0.2) is 0 Å². The lowest BCUT2D eigenvalue weighted by molar-refractivity contribution is 0.0734. The van der Waals surface area contributed by atoms with Crippen LogP contribution in [0.15, 0.2) is 42.9 Å². The van der Waals surface area contributed by atoms with E-state index in [1.807, 2.05) is 17.0 Å². The molecule has 2 amide bonds. The summed E-state index contributed by atoms with van der Waals surface area (Å²) in [4.78, 5) is 33.5. The summed E-state index contributed by atoms with van der Waals surface area (Å²) in [5.74, 6) is -0.683. The number of amides is 2. The molecule has 0 aliphatic carbocycles. The molecule has 1 aliphatic rings. The number of aromatic nitrogens is 2. The normalized spacial score (nSPS) is 17.5. The largest absolute Gasteiger partial charge is 0.364 e. The Balaban J connectivity index is 1.83. The highest BCUT2D eigenvalue weighted by Gasteiger charge is 2.30. The van der Waals surface area contributed by atoms with E-state index in [4.69, 9.17) is 5.73 Å². The summed E-state index contributed by atoms with van der Waals surface area (Å²) in [6.07, 6.45) is 6.78. The van der Waals surface area contributed by atoms with Gasteiger partial charge in [0.1, 0.15) is 5.69 Å². The van der Waals surface area contributed by atoms with Crippen LogP contribution in [0, 0.1) is 0 Å². The van der Waals surface area contributed by atoms with E-state index in [9.17, 15) is 9.59 Å². The minimum Gasteiger partial charge on any atom is -0.364 e. The number of nitrogens with zero attached hydrogens (tertiary/aromatic N) is 3. The molecule has 0 radical (unpaired) electrons. The molecule has 3 rings (SSSR count). The van der Waals surface area contributed by atoms with Gasteiger partial charge in [-0.3, -0.25) is 19.6 Å². The second-order valence-corrected chi connectivity index (χ2v) is 5.23. The Labute approximate surface area is 128 Å². The van der Waals surface area contributed by atoms with Crippen molar-refractivity contribution in [1.82, 2.24) is 14.9 Å². The van der Waals surface area contributed by atoms with Crippen molar-refractivity contribution in [2.45, 2.75) is 18.9 Å². The fourth-order valence-electron chi connectivity index (χ4n) is 2.77. The molecule has 2 aromatic rings. The van der Waals surface area contributed by atoms with Gasteiger partial charge in [0.25, 0.3) is 11.8 Å². The van der Waals surface area contributed by atoms with Gasteiger partial charge in [0.05, 0.1) is 11.6 Å². The summed E-state index contributed by atoms with van der Waals surface area (Å²) in [7, 11) is 0. The minimum absolute atomic E-state index is 0.0614. The number of likely N-dealkylation sites (tertiary alicyclic amines) is 1. The van der Waals surface area contributed by atoms with E-state index in [1.165, 1.54) is 12.3 Å². The number of hydrogen-bond acceptors (Lipinski definition) is 4. The van der Waals surface area contributed by atoms with Crippen LogP contribution in [-0.2, 0) is 0 Å². The van der Waals surface area contributed by atoms with E-state index in [0.29, 0.717) is 12.1 Å². The maximum atomic E-state index is 12.7. The quantitative estimate of drug-likeness (QED) is 0.930. The molecule has 6 nitrogen and oxygen atoms in total. The number of pyridine rings is 2. The molecule has 0 spiro atoms. The monoisotopic (exact) mass is 296 g/mol. The van der Waals surface area contributed by atoms with Crippen LogP contribution < -0.4 is 5.73 Å². The summed E-state index contributed by atoms with van der Waals surface area (Å²) in [6, 6.07) is 7.01. The van der Waals surface area contributed by atoms with Gasteiger partial charge in [0, 0.05) is 25.1 Å². The minimum atomic E-state index is -0.602. The number of carbonyl (C=O) groups is 2. The Morgan fingerprint density at radius 2 is 1.95 bits per heavy atom. The Morgan fingerprint density at radius 3 is 2.59 bits per heavy atom. The van der Waals surface area contributed by atoms with E-state index < -0.39 is 5.91 Å². The third-order valence-corrected chi connectivity index (χ3v) is 3.87. The Morgan fingerprint density at radius 1 is 1.18 bits per heavy atom. The summed E-state index contributed by atoms with van der Waals surface area (Å²) in [5.41, 5.74) is 6.86. The number of rotatable bonds is 3. The number of primary amides is 1. The Kier molecular flexibility index (Phi) is 3.82. The molecule has 112 valence electrons. The van der Waals surface area contributed by atoms with E-state index in [2.05, 4.69) is 9.97 Å². The average Bonchev–Trinajstić information content (AvgIpc) is 3.04. The molecule has 22 heavy (non-hydrogen) atoms. The molecule has 1 aliphatic heterocycles. The molecule has 1 unspecified atom stereocenters. The molecule has 0 bridgehead atoms. The third-order valence-electron chi connectivity index (χ3n) is 3.87. The first-order valence-corrected chi connectivity index (χ1v) is 7.13. The van der Waals surface area contributed by atoms with Gasteiger partial charge in [-0.15, -0.1) is 0 Å². The molecule has 6 heteroatoms. The molecular weight excluding hydrogens is 280 g/mol.